The fourth-order valence-corrected chi connectivity index (χ4v) is 5.61. The molecular formula is C23H29F2N3O2. The quantitative estimate of drug-likeness (QED) is 0.769. The largest absolute Gasteiger partial charge is 0.370 e. The topological polar surface area (TPSA) is 58.8 Å². The van der Waals surface area contributed by atoms with Crippen molar-refractivity contribution < 1.29 is 18.3 Å². The molecule has 1 aromatic rings. The van der Waals surface area contributed by atoms with E-state index in [2.05, 4.69) is 4.90 Å². The minimum atomic E-state index is -0.626. The molecule has 0 spiro atoms. The van der Waals surface area contributed by atoms with E-state index in [1.165, 1.54) is 30.1 Å². The first-order valence-corrected chi connectivity index (χ1v) is 11.0. The van der Waals surface area contributed by atoms with Gasteiger partial charge in [-0.25, -0.2) is 8.78 Å². The molecule has 1 aliphatic carbocycles. The molecule has 1 amide bonds. The molecule has 7 heteroatoms. The molecule has 0 bridgehead atoms. The van der Waals surface area contributed by atoms with E-state index in [4.69, 9.17) is 10.5 Å². The van der Waals surface area contributed by atoms with Crippen LogP contribution in [-0.2, 0) is 9.53 Å². The Balaban J connectivity index is 1.17. The van der Waals surface area contributed by atoms with Crippen molar-refractivity contribution >= 4 is 5.91 Å². The smallest absolute Gasteiger partial charge is 0.226 e. The molecule has 30 heavy (non-hydrogen) atoms. The number of rotatable bonds is 3. The van der Waals surface area contributed by atoms with Gasteiger partial charge in [0.05, 0.1) is 6.61 Å². The van der Waals surface area contributed by atoms with E-state index in [1.807, 2.05) is 4.90 Å². The van der Waals surface area contributed by atoms with E-state index < -0.39 is 23.8 Å². The van der Waals surface area contributed by atoms with E-state index in [0.29, 0.717) is 18.9 Å². The third-order valence-electron chi connectivity index (χ3n) is 7.25. The number of hydrogen-bond acceptors (Lipinski definition) is 4. The maximum atomic E-state index is 14.1. The molecule has 162 valence electrons. The average molecular weight is 418 g/mol. The molecule has 4 aliphatic rings. The van der Waals surface area contributed by atoms with Gasteiger partial charge in [-0.15, -0.1) is 0 Å². The molecular weight excluding hydrogens is 388 g/mol. The number of halogens is 2. The monoisotopic (exact) mass is 417 g/mol. The van der Waals surface area contributed by atoms with E-state index in [9.17, 15) is 13.6 Å². The molecule has 3 heterocycles. The van der Waals surface area contributed by atoms with Crippen LogP contribution in [0.1, 0.15) is 43.8 Å². The summed E-state index contributed by atoms with van der Waals surface area (Å²) < 4.78 is 33.6. The van der Waals surface area contributed by atoms with Crippen molar-refractivity contribution in [2.24, 2.45) is 11.7 Å². The van der Waals surface area contributed by atoms with Crippen molar-refractivity contribution in [1.29, 1.82) is 0 Å². The van der Waals surface area contributed by atoms with Gasteiger partial charge in [-0.2, -0.15) is 0 Å². The fraction of sp³-hybridized carbons (Fsp3) is 0.609. The molecule has 3 aliphatic heterocycles. The summed E-state index contributed by atoms with van der Waals surface area (Å²) in [4.78, 5) is 17.1. The van der Waals surface area contributed by atoms with Crippen LogP contribution in [0.5, 0.6) is 0 Å². The van der Waals surface area contributed by atoms with Crippen molar-refractivity contribution in [2.75, 3.05) is 32.8 Å². The van der Waals surface area contributed by atoms with Gasteiger partial charge in [0.15, 0.2) is 0 Å². The summed E-state index contributed by atoms with van der Waals surface area (Å²) >= 11 is 0. The van der Waals surface area contributed by atoms with Gasteiger partial charge in [0.2, 0.25) is 5.91 Å². The van der Waals surface area contributed by atoms with E-state index in [-0.39, 0.29) is 17.5 Å². The number of hydrogen-bond donors (Lipinski definition) is 1. The second-order valence-corrected chi connectivity index (χ2v) is 9.26. The lowest BCUT2D eigenvalue weighted by Crippen LogP contribution is -2.49. The van der Waals surface area contributed by atoms with Crippen LogP contribution in [0, 0.1) is 17.6 Å². The predicted octanol–water partition coefficient (Wildman–Crippen LogP) is 2.77. The first-order chi connectivity index (χ1) is 14.5. The van der Waals surface area contributed by atoms with Gasteiger partial charge in [0.1, 0.15) is 17.7 Å². The van der Waals surface area contributed by atoms with Gasteiger partial charge in [0, 0.05) is 49.7 Å². The Kier molecular flexibility index (Phi) is 5.37. The van der Waals surface area contributed by atoms with Crippen LogP contribution in [0.3, 0.4) is 0 Å². The number of ether oxygens (including phenoxy) is 1. The molecule has 5 nitrogen and oxygen atoms in total. The fourth-order valence-electron chi connectivity index (χ4n) is 5.61. The Hall–Kier alpha value is -1.83. The summed E-state index contributed by atoms with van der Waals surface area (Å²) in [5.74, 6) is -0.409. The number of carbonyl (C=O) groups excluding carboxylic acids is 1. The summed E-state index contributed by atoms with van der Waals surface area (Å²) in [6, 6.07) is 3.17. The normalized spacial score (nSPS) is 30.4. The summed E-state index contributed by atoms with van der Waals surface area (Å²) in [5, 5.41) is 0. The van der Waals surface area contributed by atoms with Crippen LogP contribution < -0.4 is 5.73 Å². The molecule has 2 N–H and O–H groups in total. The standard InChI is InChI=1S/C23H29F2N3O2/c24-17-5-6-20(25)19(7-17)22-21(26)8-18(13-30-22)27-9-15-11-28(12-16(15)10-27)23(29)14-3-1-2-4-14/h5-7,14,18,21-22H,1-4,8-13,26H2. The maximum Gasteiger partial charge on any atom is 0.226 e. The number of carbonyl (C=O) groups is 1. The van der Waals surface area contributed by atoms with Gasteiger partial charge >= 0.3 is 0 Å². The summed E-state index contributed by atoms with van der Waals surface area (Å²) in [5.41, 5.74) is 9.24. The zero-order valence-electron chi connectivity index (χ0n) is 17.2. The SMILES string of the molecule is NC1CC(N2CC3=C(CN(C(=O)C4CCCC4)C3)C2)COC1c1cc(F)ccc1F. The third kappa shape index (κ3) is 3.67. The maximum absolute atomic E-state index is 14.1. The highest BCUT2D eigenvalue weighted by molar-refractivity contribution is 5.80. The molecule has 1 saturated heterocycles. The van der Waals surface area contributed by atoms with E-state index in [1.54, 1.807) is 0 Å². The van der Waals surface area contributed by atoms with Crippen LogP contribution in [-0.4, -0.2) is 60.6 Å². The zero-order chi connectivity index (χ0) is 20.8. The predicted molar refractivity (Wildman–Crippen MR) is 109 cm³/mol. The number of nitrogens with zero attached hydrogens (tertiary/aromatic N) is 2. The van der Waals surface area contributed by atoms with Crippen molar-refractivity contribution in [3.05, 3.63) is 46.5 Å². The van der Waals surface area contributed by atoms with Crippen molar-refractivity contribution in [2.45, 2.75) is 50.3 Å². The van der Waals surface area contributed by atoms with Crippen LogP contribution in [0.25, 0.3) is 0 Å². The van der Waals surface area contributed by atoms with E-state index in [0.717, 1.165) is 51.2 Å². The zero-order valence-corrected chi connectivity index (χ0v) is 17.2. The molecule has 2 fully saturated rings. The highest BCUT2D eigenvalue weighted by Gasteiger charge is 2.40. The van der Waals surface area contributed by atoms with Gasteiger partial charge in [-0.3, -0.25) is 9.69 Å². The molecule has 0 aromatic heterocycles. The highest BCUT2D eigenvalue weighted by atomic mass is 19.1. The molecule has 3 unspecified atom stereocenters. The summed E-state index contributed by atoms with van der Waals surface area (Å²) in [7, 11) is 0. The lowest BCUT2D eigenvalue weighted by Gasteiger charge is -2.39. The highest BCUT2D eigenvalue weighted by Crippen LogP contribution is 2.35. The minimum Gasteiger partial charge on any atom is -0.370 e. The second-order valence-electron chi connectivity index (χ2n) is 9.26. The third-order valence-corrected chi connectivity index (χ3v) is 7.25. The van der Waals surface area contributed by atoms with Crippen LogP contribution in [0.15, 0.2) is 29.3 Å². The second kappa shape index (κ2) is 8.02. The number of benzene rings is 1. The van der Waals surface area contributed by atoms with Crippen LogP contribution >= 0.6 is 0 Å². The Morgan fingerprint density at radius 1 is 1.07 bits per heavy atom. The van der Waals surface area contributed by atoms with Gasteiger partial charge < -0.3 is 15.4 Å². The number of nitrogens with two attached hydrogens (primary N) is 1. The minimum absolute atomic E-state index is 0.150. The molecule has 5 rings (SSSR count). The van der Waals surface area contributed by atoms with Crippen LogP contribution in [0.2, 0.25) is 0 Å². The Bertz CT molecular complexity index is 850. The molecule has 1 saturated carbocycles. The molecule has 1 aromatic carbocycles. The first kappa shape index (κ1) is 20.1. The molecule has 0 radical (unpaired) electrons. The average Bonchev–Trinajstić information content (AvgIpc) is 3.46. The molecule has 3 atom stereocenters. The summed E-state index contributed by atoms with van der Waals surface area (Å²) in [6.45, 7) is 3.61. The van der Waals surface area contributed by atoms with Gasteiger partial charge in [0.25, 0.3) is 0 Å². The Labute approximate surface area is 175 Å². The lowest BCUT2D eigenvalue weighted by molar-refractivity contribution is -0.134. The van der Waals surface area contributed by atoms with Gasteiger partial charge in [-0.1, -0.05) is 12.8 Å². The Morgan fingerprint density at radius 2 is 1.77 bits per heavy atom. The van der Waals surface area contributed by atoms with E-state index >= 15 is 0 Å². The summed E-state index contributed by atoms with van der Waals surface area (Å²) in [6.07, 6.45) is 4.47. The number of amides is 1. The van der Waals surface area contributed by atoms with Crippen molar-refractivity contribution in [3.63, 3.8) is 0 Å². The Morgan fingerprint density at radius 3 is 2.43 bits per heavy atom. The first-order valence-electron chi connectivity index (χ1n) is 11.0. The lowest BCUT2D eigenvalue weighted by atomic mass is 9.93. The van der Waals surface area contributed by atoms with Gasteiger partial charge in [-0.05, 0) is 48.6 Å². The van der Waals surface area contributed by atoms with Crippen molar-refractivity contribution in [1.82, 2.24) is 9.80 Å². The van der Waals surface area contributed by atoms with Crippen molar-refractivity contribution in [3.8, 4) is 0 Å². The van der Waals surface area contributed by atoms with Crippen LogP contribution in [0.4, 0.5) is 8.78 Å².